The van der Waals surface area contributed by atoms with Crippen LogP contribution < -0.4 is 0 Å². The Bertz CT molecular complexity index is 296. The third-order valence-electron chi connectivity index (χ3n) is 2.51. The Hall–Kier alpha value is -0.380. The van der Waals surface area contributed by atoms with Gasteiger partial charge in [0.25, 0.3) is 0 Å². The van der Waals surface area contributed by atoms with Gasteiger partial charge in [-0.1, -0.05) is 28.1 Å². The normalized spacial score (nSPS) is 11.8. The van der Waals surface area contributed by atoms with Crippen molar-refractivity contribution in [3.05, 3.63) is 34.3 Å². The van der Waals surface area contributed by atoms with E-state index in [4.69, 9.17) is 0 Å². The molecule has 0 N–H and O–H groups in total. The van der Waals surface area contributed by atoms with E-state index in [1.807, 2.05) is 0 Å². The highest BCUT2D eigenvalue weighted by molar-refractivity contribution is 9.10. The molecule has 0 amide bonds. The van der Waals surface area contributed by atoms with E-state index in [1.54, 1.807) is 0 Å². The summed E-state index contributed by atoms with van der Waals surface area (Å²) in [4.78, 5) is 4.49. The lowest BCUT2D eigenvalue weighted by Gasteiger charge is -2.24. The Kier molecular flexibility index (Phi) is 5.46. The largest absolute Gasteiger partial charge is 0.309 e. The molecule has 16 heavy (non-hydrogen) atoms. The van der Waals surface area contributed by atoms with E-state index in [9.17, 15) is 0 Å². The molecule has 90 valence electrons. The monoisotopic (exact) mass is 284 g/mol. The van der Waals surface area contributed by atoms with Gasteiger partial charge in [-0.3, -0.25) is 0 Å². The summed E-state index contributed by atoms with van der Waals surface area (Å²) in [5.41, 5.74) is 1.41. The van der Waals surface area contributed by atoms with Gasteiger partial charge in [-0.25, -0.2) is 0 Å². The van der Waals surface area contributed by atoms with E-state index >= 15 is 0 Å². The number of nitrogens with zero attached hydrogens (tertiary/aromatic N) is 2. The third-order valence-corrected chi connectivity index (χ3v) is 3.04. The van der Waals surface area contributed by atoms with Crippen molar-refractivity contribution < 1.29 is 0 Å². The van der Waals surface area contributed by atoms with Crippen LogP contribution in [-0.4, -0.2) is 51.1 Å². The average molecular weight is 285 g/mol. The van der Waals surface area contributed by atoms with Gasteiger partial charge in [0.2, 0.25) is 0 Å². The molecule has 1 rings (SSSR count). The average Bonchev–Trinajstić information content (AvgIpc) is 2.16. The van der Waals surface area contributed by atoms with Crippen LogP contribution in [0.4, 0.5) is 0 Å². The smallest absolute Gasteiger partial charge is 0.0175 e. The van der Waals surface area contributed by atoms with Gasteiger partial charge in [-0.15, -0.1) is 0 Å². The lowest BCUT2D eigenvalue weighted by Crippen LogP contribution is -2.28. The van der Waals surface area contributed by atoms with Crippen molar-refractivity contribution in [1.82, 2.24) is 9.80 Å². The summed E-state index contributed by atoms with van der Waals surface area (Å²) in [6, 6.07) is 8.66. The summed E-state index contributed by atoms with van der Waals surface area (Å²) >= 11 is 3.48. The fourth-order valence-corrected chi connectivity index (χ4v) is 2.15. The van der Waals surface area contributed by atoms with Crippen LogP contribution >= 0.6 is 15.9 Å². The van der Waals surface area contributed by atoms with Crippen molar-refractivity contribution in [2.45, 2.75) is 5.92 Å². The second-order valence-corrected chi connectivity index (χ2v) is 5.69. The van der Waals surface area contributed by atoms with E-state index in [-0.39, 0.29) is 0 Å². The van der Waals surface area contributed by atoms with Crippen LogP contribution in [0.1, 0.15) is 11.5 Å². The second-order valence-electron chi connectivity index (χ2n) is 4.77. The number of likely N-dealkylation sites (N-methyl/N-ethyl adjacent to an activating group) is 2. The van der Waals surface area contributed by atoms with Gasteiger partial charge in [0.1, 0.15) is 0 Å². The van der Waals surface area contributed by atoms with Gasteiger partial charge in [0.15, 0.2) is 0 Å². The first kappa shape index (κ1) is 13.7. The van der Waals surface area contributed by atoms with E-state index < -0.39 is 0 Å². The highest BCUT2D eigenvalue weighted by atomic mass is 79.9. The van der Waals surface area contributed by atoms with Crippen molar-refractivity contribution in [3.63, 3.8) is 0 Å². The van der Waals surface area contributed by atoms with Crippen LogP contribution in [0.25, 0.3) is 0 Å². The molecule has 0 bridgehead atoms. The lowest BCUT2D eigenvalue weighted by molar-refractivity contribution is 0.308. The zero-order valence-corrected chi connectivity index (χ0v) is 12.2. The molecule has 1 aromatic rings. The first-order valence-corrected chi connectivity index (χ1v) is 6.33. The number of hydrogen-bond donors (Lipinski definition) is 0. The van der Waals surface area contributed by atoms with Gasteiger partial charge in [-0.05, 0) is 45.9 Å². The Labute approximate surface area is 107 Å². The molecule has 0 fully saturated rings. The summed E-state index contributed by atoms with van der Waals surface area (Å²) in [6.07, 6.45) is 0. The summed E-state index contributed by atoms with van der Waals surface area (Å²) < 4.78 is 1.14. The van der Waals surface area contributed by atoms with Crippen LogP contribution in [-0.2, 0) is 0 Å². The summed E-state index contributed by atoms with van der Waals surface area (Å²) in [5.74, 6) is 0.568. The van der Waals surface area contributed by atoms with Gasteiger partial charge < -0.3 is 9.80 Å². The number of halogens is 1. The highest BCUT2D eigenvalue weighted by Crippen LogP contribution is 2.20. The molecule has 0 radical (unpaired) electrons. The Balaban J connectivity index is 2.78. The van der Waals surface area contributed by atoms with Crippen molar-refractivity contribution in [2.24, 2.45) is 0 Å². The molecule has 2 nitrogen and oxygen atoms in total. The molecule has 0 spiro atoms. The van der Waals surface area contributed by atoms with Gasteiger partial charge in [0.05, 0.1) is 0 Å². The molecule has 3 heteroatoms. The van der Waals surface area contributed by atoms with E-state index in [0.29, 0.717) is 5.92 Å². The summed E-state index contributed by atoms with van der Waals surface area (Å²) in [6.45, 7) is 2.17. The standard InChI is InChI=1S/C13H21BrN2/c1-15(2)9-12(10-16(3)4)11-5-7-13(14)8-6-11/h5-8,12H,9-10H2,1-4H3. The minimum Gasteiger partial charge on any atom is -0.309 e. The van der Waals surface area contributed by atoms with Crippen LogP contribution in [0, 0.1) is 0 Å². The minimum absolute atomic E-state index is 0.568. The molecule has 0 heterocycles. The van der Waals surface area contributed by atoms with Crippen molar-refractivity contribution in [2.75, 3.05) is 41.3 Å². The molecule has 0 saturated carbocycles. The van der Waals surface area contributed by atoms with Crippen LogP contribution in [0.3, 0.4) is 0 Å². The van der Waals surface area contributed by atoms with Gasteiger partial charge in [0, 0.05) is 23.5 Å². The first-order chi connectivity index (χ1) is 7.49. The summed E-state index contributed by atoms with van der Waals surface area (Å²) in [5, 5.41) is 0. The van der Waals surface area contributed by atoms with E-state index in [0.717, 1.165) is 17.6 Å². The van der Waals surface area contributed by atoms with E-state index in [1.165, 1.54) is 5.56 Å². The lowest BCUT2D eigenvalue weighted by atomic mass is 9.98. The van der Waals surface area contributed by atoms with Gasteiger partial charge >= 0.3 is 0 Å². The Morgan fingerprint density at radius 1 is 0.938 bits per heavy atom. The quantitative estimate of drug-likeness (QED) is 0.820. The second kappa shape index (κ2) is 6.38. The molecule has 0 aromatic heterocycles. The predicted octanol–water partition coefficient (Wildman–Crippen LogP) is 2.66. The minimum atomic E-state index is 0.568. The van der Waals surface area contributed by atoms with Crippen LogP contribution in [0.15, 0.2) is 28.7 Å². The van der Waals surface area contributed by atoms with Crippen LogP contribution in [0.5, 0.6) is 0 Å². The van der Waals surface area contributed by atoms with Crippen molar-refractivity contribution >= 4 is 15.9 Å². The highest BCUT2D eigenvalue weighted by Gasteiger charge is 2.13. The molecule has 0 unspecified atom stereocenters. The zero-order valence-electron chi connectivity index (χ0n) is 10.6. The molecule has 0 aliphatic rings. The van der Waals surface area contributed by atoms with E-state index in [2.05, 4.69) is 78.2 Å². The molecule has 0 aliphatic heterocycles. The molecule has 1 aromatic carbocycles. The SMILES string of the molecule is CN(C)CC(CN(C)C)c1ccc(Br)cc1. The topological polar surface area (TPSA) is 6.48 Å². The number of rotatable bonds is 5. The van der Waals surface area contributed by atoms with Crippen molar-refractivity contribution in [3.8, 4) is 0 Å². The maximum absolute atomic E-state index is 3.48. The molecule has 0 atom stereocenters. The fraction of sp³-hybridized carbons (Fsp3) is 0.538. The predicted molar refractivity (Wildman–Crippen MR) is 74.0 cm³/mol. The molecule has 0 aliphatic carbocycles. The summed E-state index contributed by atoms with van der Waals surface area (Å²) in [7, 11) is 8.51. The maximum Gasteiger partial charge on any atom is 0.0175 e. The van der Waals surface area contributed by atoms with Gasteiger partial charge in [-0.2, -0.15) is 0 Å². The number of hydrogen-bond acceptors (Lipinski definition) is 2. The van der Waals surface area contributed by atoms with Crippen LogP contribution in [0.2, 0.25) is 0 Å². The maximum atomic E-state index is 3.48. The molecule has 0 saturated heterocycles. The molecular formula is C13H21BrN2. The Morgan fingerprint density at radius 3 is 1.75 bits per heavy atom. The zero-order chi connectivity index (χ0) is 12.1. The first-order valence-electron chi connectivity index (χ1n) is 5.54. The fourth-order valence-electron chi connectivity index (χ4n) is 1.89. The third kappa shape index (κ3) is 4.64. The molecular weight excluding hydrogens is 264 g/mol. The Morgan fingerprint density at radius 2 is 1.38 bits per heavy atom. The number of benzene rings is 1. The van der Waals surface area contributed by atoms with Crippen molar-refractivity contribution in [1.29, 1.82) is 0 Å².